The van der Waals surface area contributed by atoms with Crippen LogP contribution in [-0.2, 0) is 9.53 Å². The first-order valence-electron chi connectivity index (χ1n) is 4.29. The van der Waals surface area contributed by atoms with Gasteiger partial charge in [0.1, 0.15) is 12.4 Å². The number of hydrogen-bond donors (Lipinski definition) is 1. The van der Waals surface area contributed by atoms with Gasteiger partial charge in [-0.25, -0.2) is 9.97 Å². The van der Waals surface area contributed by atoms with E-state index in [9.17, 15) is 18.0 Å². The monoisotopic (exact) mass is 251 g/mol. The number of rotatable bonds is 4. The molecule has 0 saturated carbocycles. The predicted octanol–water partition coefficient (Wildman–Crippen LogP) is 0.960. The van der Waals surface area contributed by atoms with Gasteiger partial charge in [0.05, 0.1) is 19.5 Å². The Morgan fingerprint density at radius 3 is 2.59 bits per heavy atom. The van der Waals surface area contributed by atoms with Gasteiger partial charge in [-0.1, -0.05) is 0 Å². The van der Waals surface area contributed by atoms with Crippen molar-refractivity contribution in [2.24, 2.45) is 0 Å². The Labute approximate surface area is 93.8 Å². The van der Waals surface area contributed by atoms with Crippen molar-refractivity contribution >= 4 is 11.8 Å². The molecular weight excluding hydrogens is 243 g/mol. The maximum absolute atomic E-state index is 11.8. The first-order chi connectivity index (χ1) is 7.90. The number of esters is 1. The number of carbonyl (C=O) groups is 1. The van der Waals surface area contributed by atoms with Gasteiger partial charge in [0.25, 0.3) is 0 Å². The van der Waals surface area contributed by atoms with Crippen LogP contribution in [0, 0.1) is 0 Å². The number of hydrogen-bond acceptors (Lipinski definition) is 6. The molecule has 0 saturated heterocycles. The van der Waals surface area contributed by atoms with Crippen LogP contribution in [0.1, 0.15) is 0 Å². The van der Waals surface area contributed by atoms with Gasteiger partial charge in [0, 0.05) is 0 Å². The molecule has 0 atom stereocenters. The van der Waals surface area contributed by atoms with Crippen molar-refractivity contribution in [3.63, 3.8) is 0 Å². The highest BCUT2D eigenvalue weighted by atomic mass is 19.4. The maximum atomic E-state index is 11.8. The summed E-state index contributed by atoms with van der Waals surface area (Å²) in [4.78, 5) is 17.6. The molecule has 1 N–H and O–H groups in total. The quantitative estimate of drug-likeness (QED) is 0.803. The average Bonchev–Trinajstić information content (AvgIpc) is 2.25. The molecule has 1 aromatic heterocycles. The van der Waals surface area contributed by atoms with E-state index in [1.807, 2.05) is 0 Å². The minimum atomic E-state index is -4.81. The summed E-state index contributed by atoms with van der Waals surface area (Å²) in [5, 5.41) is 2.50. The first kappa shape index (κ1) is 13.0. The van der Waals surface area contributed by atoms with E-state index in [1.165, 1.54) is 7.11 Å². The summed E-state index contributed by atoms with van der Waals surface area (Å²) in [7, 11) is 1.20. The molecule has 17 heavy (non-hydrogen) atoms. The van der Waals surface area contributed by atoms with Crippen molar-refractivity contribution in [1.82, 2.24) is 9.97 Å². The van der Waals surface area contributed by atoms with Crippen LogP contribution >= 0.6 is 0 Å². The molecule has 94 valence electrons. The molecule has 0 spiro atoms. The van der Waals surface area contributed by atoms with Gasteiger partial charge in [0.2, 0.25) is 5.88 Å². The lowest BCUT2D eigenvalue weighted by Gasteiger charge is -2.08. The second-order valence-electron chi connectivity index (χ2n) is 2.72. The van der Waals surface area contributed by atoms with Crippen molar-refractivity contribution < 1.29 is 27.4 Å². The van der Waals surface area contributed by atoms with E-state index in [0.717, 1.165) is 12.4 Å². The predicted molar refractivity (Wildman–Crippen MR) is 49.2 cm³/mol. The van der Waals surface area contributed by atoms with E-state index in [0.29, 0.717) is 0 Å². The van der Waals surface area contributed by atoms with Gasteiger partial charge in [-0.2, -0.15) is 0 Å². The third-order valence-corrected chi connectivity index (χ3v) is 1.49. The van der Waals surface area contributed by atoms with E-state index in [4.69, 9.17) is 0 Å². The fourth-order valence-corrected chi connectivity index (χ4v) is 0.814. The summed E-state index contributed by atoms with van der Waals surface area (Å²) >= 11 is 0. The second kappa shape index (κ2) is 5.32. The molecule has 1 heterocycles. The Balaban J connectivity index is 2.53. The molecule has 0 unspecified atom stereocenters. The minimum Gasteiger partial charge on any atom is -0.468 e. The number of carbonyl (C=O) groups excluding carboxylic acids is 1. The number of nitrogens with zero attached hydrogens (tertiary/aromatic N) is 2. The molecule has 0 fully saturated rings. The Morgan fingerprint density at radius 2 is 2.12 bits per heavy atom. The van der Waals surface area contributed by atoms with Gasteiger partial charge in [0.15, 0.2) is 0 Å². The number of aromatic nitrogens is 2. The Hall–Kier alpha value is -2.06. The van der Waals surface area contributed by atoms with Crippen molar-refractivity contribution in [3.8, 4) is 5.88 Å². The molecule has 0 aliphatic heterocycles. The normalized spacial score (nSPS) is 10.8. The number of halogens is 3. The van der Waals surface area contributed by atoms with Gasteiger partial charge in [-0.3, -0.25) is 4.79 Å². The summed E-state index contributed by atoms with van der Waals surface area (Å²) in [5.74, 6) is -1.09. The maximum Gasteiger partial charge on any atom is 0.574 e. The van der Waals surface area contributed by atoms with Crippen LogP contribution in [0.4, 0.5) is 19.0 Å². The van der Waals surface area contributed by atoms with Crippen LogP contribution in [-0.4, -0.2) is 36.0 Å². The number of alkyl halides is 3. The summed E-state index contributed by atoms with van der Waals surface area (Å²) in [5.41, 5.74) is 0. The van der Waals surface area contributed by atoms with Crippen LogP contribution in [0.2, 0.25) is 0 Å². The molecule has 0 amide bonds. The van der Waals surface area contributed by atoms with Crippen LogP contribution in [0.3, 0.4) is 0 Å². The average molecular weight is 251 g/mol. The van der Waals surface area contributed by atoms with Crippen molar-refractivity contribution in [3.05, 3.63) is 12.4 Å². The summed E-state index contributed by atoms with van der Waals surface area (Å²) in [6, 6.07) is 0. The Bertz CT molecular complexity index is 380. The van der Waals surface area contributed by atoms with E-state index in [2.05, 4.69) is 24.8 Å². The van der Waals surface area contributed by atoms with E-state index in [-0.39, 0.29) is 12.4 Å². The van der Waals surface area contributed by atoms with Crippen LogP contribution in [0.5, 0.6) is 5.88 Å². The van der Waals surface area contributed by atoms with Gasteiger partial charge in [-0.15, -0.1) is 13.2 Å². The molecule has 9 heteroatoms. The van der Waals surface area contributed by atoms with Crippen LogP contribution < -0.4 is 10.1 Å². The minimum absolute atomic E-state index is 0.130. The van der Waals surface area contributed by atoms with Crippen molar-refractivity contribution in [2.45, 2.75) is 6.36 Å². The molecule has 1 aromatic rings. The van der Waals surface area contributed by atoms with Crippen molar-refractivity contribution in [2.75, 3.05) is 19.0 Å². The molecule has 0 aliphatic rings. The molecule has 0 bridgehead atoms. The lowest BCUT2D eigenvalue weighted by molar-refractivity contribution is -0.276. The molecule has 6 nitrogen and oxygen atoms in total. The number of methoxy groups -OCH3 is 1. The lowest BCUT2D eigenvalue weighted by Crippen LogP contribution is -2.19. The zero-order chi connectivity index (χ0) is 12.9. The largest absolute Gasteiger partial charge is 0.574 e. The lowest BCUT2D eigenvalue weighted by atomic mass is 10.6. The fourth-order valence-electron chi connectivity index (χ4n) is 0.814. The topological polar surface area (TPSA) is 73.3 Å². The summed E-state index contributed by atoms with van der Waals surface area (Å²) in [6.07, 6.45) is -3.02. The third kappa shape index (κ3) is 5.00. The van der Waals surface area contributed by atoms with Gasteiger partial charge >= 0.3 is 12.3 Å². The fraction of sp³-hybridized carbons (Fsp3) is 0.375. The second-order valence-corrected chi connectivity index (χ2v) is 2.72. The number of anilines is 1. The highest BCUT2D eigenvalue weighted by Crippen LogP contribution is 2.19. The Morgan fingerprint density at radius 1 is 1.41 bits per heavy atom. The molecule has 0 aliphatic carbocycles. The molecule has 0 radical (unpaired) electrons. The number of ether oxygens (including phenoxy) is 2. The molecule has 1 rings (SSSR count). The smallest absolute Gasteiger partial charge is 0.468 e. The Kier molecular flexibility index (Phi) is 4.07. The van der Waals surface area contributed by atoms with E-state index >= 15 is 0 Å². The van der Waals surface area contributed by atoms with Crippen LogP contribution in [0.15, 0.2) is 12.4 Å². The first-order valence-corrected chi connectivity index (χ1v) is 4.29. The molecule has 0 aromatic carbocycles. The zero-order valence-corrected chi connectivity index (χ0v) is 8.61. The van der Waals surface area contributed by atoms with Gasteiger partial charge in [-0.05, 0) is 0 Å². The highest BCUT2D eigenvalue weighted by Gasteiger charge is 2.31. The zero-order valence-electron chi connectivity index (χ0n) is 8.61. The standard InChI is InChI=1S/C8H8F3N3O3/c1-16-7(15)4-13-5-2-14-6(3-12-5)17-8(9,10)11/h2-3H,4H2,1H3,(H,12,13). The summed E-state index contributed by atoms with van der Waals surface area (Å²) < 4.78 is 43.2. The summed E-state index contributed by atoms with van der Waals surface area (Å²) in [6.45, 7) is -0.162. The third-order valence-electron chi connectivity index (χ3n) is 1.49. The van der Waals surface area contributed by atoms with E-state index < -0.39 is 18.2 Å². The highest BCUT2D eigenvalue weighted by molar-refractivity contribution is 5.74. The molecular formula is C8H8F3N3O3. The SMILES string of the molecule is COC(=O)CNc1cnc(OC(F)(F)F)cn1. The van der Waals surface area contributed by atoms with Crippen LogP contribution in [0.25, 0.3) is 0 Å². The van der Waals surface area contributed by atoms with Gasteiger partial charge < -0.3 is 14.8 Å². The van der Waals surface area contributed by atoms with Crippen molar-refractivity contribution in [1.29, 1.82) is 0 Å². The number of nitrogens with one attached hydrogen (secondary N) is 1. The van der Waals surface area contributed by atoms with E-state index in [1.54, 1.807) is 0 Å².